The molecule has 148 valence electrons. The Morgan fingerprint density at radius 2 is 1.52 bits per heavy atom. The number of hydrogen-bond acceptors (Lipinski definition) is 5. The predicted molar refractivity (Wildman–Crippen MR) is 116 cm³/mol. The van der Waals surface area contributed by atoms with Gasteiger partial charge >= 0.3 is 0 Å². The number of carbonyl (C=O) groups excluding carboxylic acids is 1. The summed E-state index contributed by atoms with van der Waals surface area (Å²) in [4.78, 5) is 28.3. The fourth-order valence-electron chi connectivity index (χ4n) is 3.55. The monoisotopic (exact) mass is 387 g/mol. The number of para-hydroxylation sites is 2. The zero-order chi connectivity index (χ0) is 20.2. The molecule has 0 atom stereocenters. The highest BCUT2D eigenvalue weighted by Gasteiger charge is 2.24. The number of anilines is 3. The number of nitrogens with zero attached hydrogens (tertiary/aromatic N) is 5. The molecule has 0 saturated carbocycles. The van der Waals surface area contributed by atoms with Gasteiger partial charge in [0.1, 0.15) is 5.69 Å². The minimum Gasteiger partial charge on any atom is -0.368 e. The van der Waals surface area contributed by atoms with Crippen LogP contribution in [0, 0.1) is 6.92 Å². The minimum absolute atomic E-state index is 0.0362. The normalized spacial score (nSPS) is 14.0. The third kappa shape index (κ3) is 4.21. The summed E-state index contributed by atoms with van der Waals surface area (Å²) in [5.41, 5.74) is 3.41. The van der Waals surface area contributed by atoms with E-state index in [9.17, 15) is 4.79 Å². The van der Waals surface area contributed by atoms with Crippen LogP contribution in [-0.2, 0) is 0 Å². The maximum atomic E-state index is 13.1. The molecule has 0 aliphatic carbocycles. The predicted octanol–water partition coefficient (Wildman–Crippen LogP) is 3.52. The molecule has 0 spiro atoms. The molecule has 1 aliphatic heterocycles. The highest BCUT2D eigenvalue weighted by Crippen LogP contribution is 2.21. The van der Waals surface area contributed by atoms with Crippen molar-refractivity contribution in [1.82, 2.24) is 14.9 Å². The first-order chi connectivity index (χ1) is 14.1. The molecule has 3 aromatic rings. The number of benzene rings is 2. The molecule has 1 aliphatic rings. The standard InChI is InChI=1S/C23H25N5O/c1-18-17-21(25-23(24-18)26(2)19-9-5-3-6-10-19)22(29)28-15-13-27(14-16-28)20-11-7-4-8-12-20/h3-12,17H,13-16H2,1-2H3. The molecule has 4 rings (SSSR count). The lowest BCUT2D eigenvalue weighted by atomic mass is 10.2. The van der Waals surface area contributed by atoms with Gasteiger partial charge in [-0.2, -0.15) is 0 Å². The first-order valence-corrected chi connectivity index (χ1v) is 9.85. The molecule has 0 N–H and O–H groups in total. The van der Waals surface area contributed by atoms with E-state index < -0.39 is 0 Å². The van der Waals surface area contributed by atoms with Gasteiger partial charge in [-0.1, -0.05) is 36.4 Å². The van der Waals surface area contributed by atoms with Gasteiger partial charge in [-0.25, -0.2) is 9.97 Å². The van der Waals surface area contributed by atoms with Crippen molar-refractivity contribution in [2.24, 2.45) is 0 Å². The van der Waals surface area contributed by atoms with Crippen molar-refractivity contribution in [2.75, 3.05) is 43.0 Å². The van der Waals surface area contributed by atoms with Gasteiger partial charge in [-0.3, -0.25) is 4.79 Å². The molecule has 1 fully saturated rings. The van der Waals surface area contributed by atoms with Crippen molar-refractivity contribution >= 4 is 23.2 Å². The minimum atomic E-state index is -0.0362. The Morgan fingerprint density at radius 1 is 0.897 bits per heavy atom. The van der Waals surface area contributed by atoms with Crippen LogP contribution in [0.15, 0.2) is 66.7 Å². The van der Waals surface area contributed by atoms with E-state index in [1.165, 1.54) is 5.69 Å². The molecule has 1 saturated heterocycles. The second-order valence-electron chi connectivity index (χ2n) is 7.20. The summed E-state index contributed by atoms with van der Waals surface area (Å²) < 4.78 is 0. The first kappa shape index (κ1) is 18.9. The van der Waals surface area contributed by atoms with Crippen LogP contribution in [0.4, 0.5) is 17.3 Å². The Morgan fingerprint density at radius 3 is 2.17 bits per heavy atom. The Hall–Kier alpha value is -3.41. The number of aromatic nitrogens is 2. The molecule has 2 aromatic carbocycles. The molecule has 1 amide bonds. The number of piperazine rings is 1. The molecule has 6 nitrogen and oxygen atoms in total. The Labute approximate surface area is 171 Å². The quantitative estimate of drug-likeness (QED) is 0.686. The number of amides is 1. The van der Waals surface area contributed by atoms with E-state index in [2.05, 4.69) is 27.0 Å². The van der Waals surface area contributed by atoms with Gasteiger partial charge in [0.15, 0.2) is 0 Å². The van der Waals surface area contributed by atoms with Crippen molar-refractivity contribution in [3.8, 4) is 0 Å². The summed E-state index contributed by atoms with van der Waals surface area (Å²) in [6, 6.07) is 22.0. The van der Waals surface area contributed by atoms with Crippen LogP contribution in [0.1, 0.15) is 16.2 Å². The number of carbonyl (C=O) groups is 1. The van der Waals surface area contributed by atoms with Gasteiger partial charge in [0, 0.05) is 50.3 Å². The molecule has 0 radical (unpaired) electrons. The van der Waals surface area contributed by atoms with Crippen molar-refractivity contribution in [2.45, 2.75) is 6.92 Å². The molecular formula is C23H25N5O. The number of aryl methyl sites for hydroxylation is 1. The number of rotatable bonds is 4. The molecule has 29 heavy (non-hydrogen) atoms. The largest absolute Gasteiger partial charge is 0.368 e. The summed E-state index contributed by atoms with van der Waals surface area (Å²) in [6.07, 6.45) is 0. The van der Waals surface area contributed by atoms with E-state index in [0.29, 0.717) is 24.7 Å². The zero-order valence-electron chi connectivity index (χ0n) is 16.8. The zero-order valence-corrected chi connectivity index (χ0v) is 16.8. The van der Waals surface area contributed by atoms with Crippen molar-refractivity contribution in [1.29, 1.82) is 0 Å². The van der Waals surface area contributed by atoms with Gasteiger partial charge in [0.2, 0.25) is 5.95 Å². The summed E-state index contributed by atoms with van der Waals surface area (Å²) in [7, 11) is 1.91. The van der Waals surface area contributed by atoms with E-state index in [1.807, 2.05) is 72.3 Å². The van der Waals surface area contributed by atoms with Crippen LogP contribution < -0.4 is 9.80 Å². The summed E-state index contributed by atoms with van der Waals surface area (Å²) >= 11 is 0. The van der Waals surface area contributed by atoms with Crippen molar-refractivity contribution in [3.63, 3.8) is 0 Å². The van der Waals surface area contributed by atoms with Gasteiger partial charge < -0.3 is 14.7 Å². The van der Waals surface area contributed by atoms with Crippen LogP contribution >= 0.6 is 0 Å². The molecule has 1 aromatic heterocycles. The maximum Gasteiger partial charge on any atom is 0.272 e. The second-order valence-corrected chi connectivity index (χ2v) is 7.20. The van der Waals surface area contributed by atoms with Crippen LogP contribution in [0.3, 0.4) is 0 Å². The fraction of sp³-hybridized carbons (Fsp3) is 0.261. The van der Waals surface area contributed by atoms with Gasteiger partial charge in [-0.15, -0.1) is 0 Å². The first-order valence-electron chi connectivity index (χ1n) is 9.85. The second kappa shape index (κ2) is 8.31. The van der Waals surface area contributed by atoms with E-state index in [-0.39, 0.29) is 5.91 Å². The third-order valence-corrected chi connectivity index (χ3v) is 5.19. The van der Waals surface area contributed by atoms with Crippen LogP contribution in [0.5, 0.6) is 0 Å². The third-order valence-electron chi connectivity index (χ3n) is 5.19. The molecule has 0 bridgehead atoms. The lowest BCUT2D eigenvalue weighted by molar-refractivity contribution is 0.0740. The molecule has 0 unspecified atom stereocenters. The van der Waals surface area contributed by atoms with Crippen molar-refractivity contribution < 1.29 is 4.79 Å². The SMILES string of the molecule is Cc1cc(C(=O)N2CCN(c3ccccc3)CC2)nc(N(C)c2ccccc2)n1. The average molecular weight is 387 g/mol. The van der Waals surface area contributed by atoms with E-state index in [0.717, 1.165) is 24.5 Å². The van der Waals surface area contributed by atoms with Crippen molar-refractivity contribution in [3.05, 3.63) is 78.1 Å². The Balaban J connectivity index is 1.49. The lowest BCUT2D eigenvalue weighted by Gasteiger charge is -2.36. The summed E-state index contributed by atoms with van der Waals surface area (Å²) in [6.45, 7) is 4.89. The topological polar surface area (TPSA) is 52.6 Å². The Bertz CT molecular complexity index is 969. The smallest absolute Gasteiger partial charge is 0.272 e. The van der Waals surface area contributed by atoms with E-state index >= 15 is 0 Å². The van der Waals surface area contributed by atoms with Crippen LogP contribution in [0.25, 0.3) is 0 Å². The highest BCUT2D eigenvalue weighted by molar-refractivity contribution is 5.93. The van der Waals surface area contributed by atoms with Crippen LogP contribution in [0.2, 0.25) is 0 Å². The lowest BCUT2D eigenvalue weighted by Crippen LogP contribution is -2.49. The average Bonchev–Trinajstić information content (AvgIpc) is 2.79. The van der Waals surface area contributed by atoms with E-state index in [4.69, 9.17) is 0 Å². The van der Waals surface area contributed by atoms with Gasteiger partial charge in [0.05, 0.1) is 0 Å². The Kier molecular flexibility index (Phi) is 5.42. The summed E-state index contributed by atoms with van der Waals surface area (Å²) in [5.74, 6) is 0.494. The fourth-order valence-corrected chi connectivity index (χ4v) is 3.55. The highest BCUT2D eigenvalue weighted by atomic mass is 16.2. The summed E-state index contributed by atoms with van der Waals surface area (Å²) in [5, 5.41) is 0. The molecular weight excluding hydrogens is 362 g/mol. The van der Waals surface area contributed by atoms with Gasteiger partial charge in [-0.05, 0) is 37.3 Å². The van der Waals surface area contributed by atoms with Gasteiger partial charge in [0.25, 0.3) is 5.91 Å². The number of hydrogen-bond donors (Lipinski definition) is 0. The maximum absolute atomic E-state index is 13.1. The van der Waals surface area contributed by atoms with E-state index in [1.54, 1.807) is 6.07 Å². The van der Waals surface area contributed by atoms with Crippen LogP contribution in [-0.4, -0.2) is 54.0 Å². The molecule has 2 heterocycles. The molecule has 6 heteroatoms.